The topological polar surface area (TPSA) is 104 Å². The molecule has 8 nitrogen and oxygen atoms in total. The van der Waals surface area contributed by atoms with E-state index in [2.05, 4.69) is 0 Å². The molecular weight excluding hydrogens is 470 g/mol. The zero-order chi connectivity index (χ0) is 27.7. The standard InChI is InChI=1S/C29H37N3O5/c1-18(2)17-32-24(31(8)27(35)37-28(3,4)5)23(19-12-10-9-11-13-19)22-16-20(14-15-21(22)25(32)33)36-29(6,7)26(30)34/h9-16,18H,17H2,1-8H3,(H2,30,34). The molecule has 2 amide bonds. The quantitative estimate of drug-likeness (QED) is 0.465. The lowest BCUT2D eigenvalue weighted by molar-refractivity contribution is -0.130. The Morgan fingerprint density at radius 3 is 2.16 bits per heavy atom. The van der Waals surface area contributed by atoms with E-state index in [1.54, 1.807) is 64.4 Å². The van der Waals surface area contributed by atoms with Gasteiger partial charge in [0.15, 0.2) is 5.60 Å². The fraction of sp³-hybridized carbons (Fsp3) is 0.414. The van der Waals surface area contributed by atoms with Crippen molar-refractivity contribution < 1.29 is 19.1 Å². The van der Waals surface area contributed by atoms with Gasteiger partial charge in [-0.2, -0.15) is 0 Å². The van der Waals surface area contributed by atoms with Crippen LogP contribution >= 0.6 is 0 Å². The summed E-state index contributed by atoms with van der Waals surface area (Å²) < 4.78 is 13.2. The minimum absolute atomic E-state index is 0.128. The highest BCUT2D eigenvalue weighted by Crippen LogP contribution is 2.38. The molecule has 1 aromatic heterocycles. The number of amides is 2. The van der Waals surface area contributed by atoms with Crippen LogP contribution in [0.15, 0.2) is 53.3 Å². The normalized spacial score (nSPS) is 12.0. The highest BCUT2D eigenvalue weighted by Gasteiger charge is 2.30. The van der Waals surface area contributed by atoms with Crippen LogP contribution in [0.2, 0.25) is 0 Å². The summed E-state index contributed by atoms with van der Waals surface area (Å²) in [5.41, 5.74) is 4.77. The molecule has 198 valence electrons. The predicted octanol–water partition coefficient (Wildman–Crippen LogP) is 5.34. The molecule has 0 aliphatic heterocycles. The summed E-state index contributed by atoms with van der Waals surface area (Å²) >= 11 is 0. The number of aromatic nitrogens is 1. The molecule has 37 heavy (non-hydrogen) atoms. The first-order valence-corrected chi connectivity index (χ1v) is 12.3. The Labute approximate surface area is 218 Å². The molecule has 0 saturated heterocycles. The van der Waals surface area contributed by atoms with Gasteiger partial charge in [-0.3, -0.25) is 19.1 Å². The molecule has 0 radical (unpaired) electrons. The highest BCUT2D eigenvalue weighted by molar-refractivity contribution is 6.05. The Kier molecular flexibility index (Phi) is 7.72. The predicted molar refractivity (Wildman–Crippen MR) is 147 cm³/mol. The number of carbonyl (C=O) groups excluding carboxylic acids is 2. The van der Waals surface area contributed by atoms with Gasteiger partial charge in [-0.15, -0.1) is 0 Å². The van der Waals surface area contributed by atoms with Crippen molar-refractivity contribution in [2.75, 3.05) is 11.9 Å². The lowest BCUT2D eigenvalue weighted by Gasteiger charge is -2.30. The van der Waals surface area contributed by atoms with Crippen molar-refractivity contribution in [2.45, 2.75) is 66.2 Å². The lowest BCUT2D eigenvalue weighted by atomic mass is 9.98. The zero-order valence-electron chi connectivity index (χ0n) is 22.9. The summed E-state index contributed by atoms with van der Waals surface area (Å²) in [4.78, 5) is 40.4. The van der Waals surface area contributed by atoms with Crippen LogP contribution < -0.4 is 20.9 Å². The molecule has 3 rings (SSSR count). The monoisotopic (exact) mass is 507 g/mol. The highest BCUT2D eigenvalue weighted by atomic mass is 16.6. The number of nitrogens with zero attached hydrogens (tertiary/aromatic N) is 2. The van der Waals surface area contributed by atoms with Crippen molar-refractivity contribution in [1.82, 2.24) is 4.57 Å². The second kappa shape index (κ2) is 10.3. The second-order valence-electron chi connectivity index (χ2n) is 11.1. The molecule has 0 unspecified atom stereocenters. The number of hydrogen-bond acceptors (Lipinski definition) is 5. The molecule has 0 fully saturated rings. The van der Waals surface area contributed by atoms with Gasteiger partial charge in [0, 0.05) is 29.9 Å². The largest absolute Gasteiger partial charge is 0.478 e. The third-order valence-corrected chi connectivity index (χ3v) is 5.78. The first-order chi connectivity index (χ1) is 17.1. The summed E-state index contributed by atoms with van der Waals surface area (Å²) in [5, 5.41) is 1.05. The van der Waals surface area contributed by atoms with Crippen molar-refractivity contribution >= 4 is 28.6 Å². The maximum atomic E-state index is 13.9. The van der Waals surface area contributed by atoms with E-state index >= 15 is 0 Å². The van der Waals surface area contributed by atoms with Gasteiger partial charge in [0.1, 0.15) is 17.2 Å². The molecule has 0 bridgehead atoms. The molecule has 1 heterocycles. The zero-order valence-corrected chi connectivity index (χ0v) is 22.9. The van der Waals surface area contributed by atoms with Crippen LogP contribution in [0.1, 0.15) is 48.5 Å². The van der Waals surface area contributed by atoms with E-state index in [-0.39, 0.29) is 11.5 Å². The SMILES string of the molecule is CC(C)Cn1c(N(C)C(=O)OC(C)(C)C)c(-c2ccccc2)c2cc(OC(C)(C)C(N)=O)ccc2c1=O. The summed E-state index contributed by atoms with van der Waals surface area (Å²) in [6.45, 7) is 13.0. The lowest BCUT2D eigenvalue weighted by Crippen LogP contribution is -2.43. The fourth-order valence-corrected chi connectivity index (χ4v) is 4.01. The van der Waals surface area contributed by atoms with Crippen molar-refractivity contribution in [1.29, 1.82) is 0 Å². The van der Waals surface area contributed by atoms with Gasteiger partial charge in [-0.1, -0.05) is 44.2 Å². The maximum absolute atomic E-state index is 13.9. The van der Waals surface area contributed by atoms with Crippen LogP contribution in [0.5, 0.6) is 5.75 Å². The van der Waals surface area contributed by atoms with Crippen LogP contribution in [0, 0.1) is 5.92 Å². The third-order valence-electron chi connectivity index (χ3n) is 5.78. The minimum Gasteiger partial charge on any atom is -0.478 e. The first-order valence-electron chi connectivity index (χ1n) is 12.3. The maximum Gasteiger partial charge on any atom is 0.415 e. The Balaban J connectivity index is 2.43. The average Bonchev–Trinajstić information content (AvgIpc) is 2.79. The number of ether oxygens (including phenoxy) is 2. The van der Waals surface area contributed by atoms with Crippen molar-refractivity contribution in [3.8, 4) is 16.9 Å². The number of hydrogen-bond donors (Lipinski definition) is 1. The van der Waals surface area contributed by atoms with Crippen LogP contribution in [0.4, 0.5) is 10.6 Å². The molecule has 0 aliphatic carbocycles. The molecule has 0 atom stereocenters. The number of anilines is 1. The van der Waals surface area contributed by atoms with Crippen LogP contribution in [0.3, 0.4) is 0 Å². The summed E-state index contributed by atoms with van der Waals surface area (Å²) in [5.74, 6) is 0.301. The van der Waals surface area contributed by atoms with Gasteiger partial charge in [0.2, 0.25) is 0 Å². The van der Waals surface area contributed by atoms with Gasteiger partial charge >= 0.3 is 6.09 Å². The summed E-state index contributed by atoms with van der Waals surface area (Å²) in [6.07, 6.45) is -0.580. The summed E-state index contributed by atoms with van der Waals surface area (Å²) in [6, 6.07) is 14.6. The van der Waals surface area contributed by atoms with Gasteiger partial charge in [0.25, 0.3) is 11.5 Å². The van der Waals surface area contributed by atoms with Crippen LogP contribution in [-0.2, 0) is 16.1 Å². The average molecular weight is 508 g/mol. The van der Waals surface area contributed by atoms with Gasteiger partial charge in [-0.25, -0.2) is 4.79 Å². The van der Waals surface area contributed by atoms with Gasteiger partial charge < -0.3 is 15.2 Å². The van der Waals surface area contributed by atoms with E-state index in [1.807, 2.05) is 44.2 Å². The fourth-order valence-electron chi connectivity index (χ4n) is 4.01. The van der Waals surface area contributed by atoms with Crippen LogP contribution in [-0.4, -0.2) is 34.8 Å². The van der Waals surface area contributed by atoms with Crippen molar-refractivity contribution in [2.24, 2.45) is 11.7 Å². The third kappa shape index (κ3) is 6.13. The number of pyridine rings is 1. The van der Waals surface area contributed by atoms with E-state index in [0.717, 1.165) is 5.56 Å². The Bertz CT molecular complexity index is 1370. The first kappa shape index (κ1) is 27.8. The molecule has 2 N–H and O–H groups in total. The molecule has 0 saturated carbocycles. The van der Waals surface area contributed by atoms with E-state index < -0.39 is 23.2 Å². The number of nitrogens with two attached hydrogens (primary N) is 1. The Morgan fingerprint density at radius 2 is 1.62 bits per heavy atom. The summed E-state index contributed by atoms with van der Waals surface area (Å²) in [7, 11) is 1.61. The Hall–Kier alpha value is -3.81. The second-order valence-corrected chi connectivity index (χ2v) is 11.1. The van der Waals surface area contributed by atoms with E-state index in [0.29, 0.717) is 34.4 Å². The smallest absolute Gasteiger partial charge is 0.415 e. The molecule has 3 aromatic rings. The number of rotatable bonds is 7. The number of benzene rings is 2. The molecular formula is C29H37N3O5. The van der Waals surface area contributed by atoms with Gasteiger partial charge in [-0.05, 0) is 64.3 Å². The van der Waals surface area contributed by atoms with Crippen LogP contribution in [0.25, 0.3) is 21.9 Å². The van der Waals surface area contributed by atoms with Crippen molar-refractivity contribution in [3.05, 3.63) is 58.9 Å². The molecule has 8 heteroatoms. The van der Waals surface area contributed by atoms with E-state index in [4.69, 9.17) is 15.2 Å². The molecule has 0 spiro atoms. The Morgan fingerprint density at radius 1 is 1.00 bits per heavy atom. The van der Waals surface area contributed by atoms with E-state index in [1.165, 1.54) is 4.90 Å². The van der Waals surface area contributed by atoms with Gasteiger partial charge in [0.05, 0.1) is 0 Å². The molecule has 2 aromatic carbocycles. The number of carbonyl (C=O) groups is 2. The molecule has 0 aliphatic rings. The van der Waals surface area contributed by atoms with E-state index in [9.17, 15) is 14.4 Å². The number of fused-ring (bicyclic) bond motifs is 1. The van der Waals surface area contributed by atoms with Crippen molar-refractivity contribution in [3.63, 3.8) is 0 Å². The minimum atomic E-state index is -1.26. The number of primary amides is 1.